The molecule has 0 aliphatic carbocycles. The van der Waals surface area contributed by atoms with Crippen LogP contribution in [0.25, 0.3) is 0 Å². The van der Waals surface area contributed by atoms with Crippen molar-refractivity contribution < 1.29 is 9.53 Å². The van der Waals surface area contributed by atoms with Crippen molar-refractivity contribution >= 4 is 55.6 Å². The number of unbranched alkanes of at least 4 members (excludes halogenated alkanes) is 1. The Labute approximate surface area is 164 Å². The summed E-state index contributed by atoms with van der Waals surface area (Å²) in [5, 5.41) is 15.1. The molecule has 0 saturated heterocycles. The fourth-order valence-corrected chi connectivity index (χ4v) is 3.27. The molecule has 25 heavy (non-hydrogen) atoms. The Morgan fingerprint density at radius 1 is 1.36 bits per heavy atom. The van der Waals surface area contributed by atoms with Gasteiger partial charge in [-0.25, -0.2) is 0 Å². The third kappa shape index (κ3) is 6.02. The van der Waals surface area contributed by atoms with Gasteiger partial charge in [-0.2, -0.15) is 0 Å². The average molecular weight is 443 g/mol. The molecular weight excluding hydrogens is 424 g/mol. The number of aryl methyl sites for hydroxylation is 1. The Kier molecular flexibility index (Phi) is 7.73. The number of amides is 1. The van der Waals surface area contributed by atoms with Crippen LogP contribution in [0.1, 0.15) is 42.1 Å². The van der Waals surface area contributed by atoms with Crippen molar-refractivity contribution in [2.45, 2.75) is 33.1 Å². The van der Waals surface area contributed by atoms with E-state index in [1.54, 1.807) is 18.2 Å². The Balaban J connectivity index is 1.93. The minimum absolute atomic E-state index is 0.184. The van der Waals surface area contributed by atoms with Gasteiger partial charge >= 0.3 is 0 Å². The molecule has 6 nitrogen and oxygen atoms in total. The van der Waals surface area contributed by atoms with Crippen LogP contribution in [0.4, 0.5) is 5.13 Å². The zero-order valence-corrected chi connectivity index (χ0v) is 17.2. The second-order valence-corrected chi connectivity index (χ2v) is 7.43. The number of hydrogen-bond acceptors (Lipinski definition) is 6. The van der Waals surface area contributed by atoms with Crippen LogP contribution in [-0.2, 0) is 6.42 Å². The second-order valence-electron chi connectivity index (χ2n) is 5.11. The lowest BCUT2D eigenvalue weighted by Gasteiger charge is -2.10. The molecule has 0 aliphatic rings. The molecule has 1 heterocycles. The lowest BCUT2D eigenvalue weighted by molar-refractivity contribution is 0.0977. The maximum atomic E-state index is 12.3. The van der Waals surface area contributed by atoms with E-state index >= 15 is 0 Å². The SMILES string of the molecule is CCCCOc1ccc(C(=O)NC(=S)Nc2nnc(CC)s2)cc1Br. The Bertz CT molecular complexity index is 751. The van der Waals surface area contributed by atoms with Gasteiger partial charge in [0.15, 0.2) is 5.11 Å². The number of carbonyl (C=O) groups excluding carboxylic acids is 1. The topological polar surface area (TPSA) is 76.1 Å². The summed E-state index contributed by atoms with van der Waals surface area (Å²) in [5.74, 6) is 0.408. The molecule has 0 bridgehead atoms. The molecule has 0 aliphatic heterocycles. The van der Waals surface area contributed by atoms with E-state index < -0.39 is 0 Å². The lowest BCUT2D eigenvalue weighted by Crippen LogP contribution is -2.34. The van der Waals surface area contributed by atoms with Gasteiger partial charge < -0.3 is 10.1 Å². The quantitative estimate of drug-likeness (QED) is 0.494. The number of nitrogens with one attached hydrogen (secondary N) is 2. The second kappa shape index (κ2) is 9.79. The maximum absolute atomic E-state index is 12.3. The highest BCUT2D eigenvalue weighted by atomic mass is 79.9. The largest absolute Gasteiger partial charge is 0.492 e. The summed E-state index contributed by atoms with van der Waals surface area (Å²) in [5.41, 5.74) is 0.477. The van der Waals surface area contributed by atoms with Crippen molar-refractivity contribution in [1.82, 2.24) is 15.5 Å². The van der Waals surface area contributed by atoms with Crippen molar-refractivity contribution in [3.63, 3.8) is 0 Å². The van der Waals surface area contributed by atoms with E-state index in [0.29, 0.717) is 23.1 Å². The van der Waals surface area contributed by atoms with E-state index in [4.69, 9.17) is 17.0 Å². The summed E-state index contributed by atoms with van der Waals surface area (Å²) >= 11 is 9.98. The van der Waals surface area contributed by atoms with Crippen molar-refractivity contribution in [1.29, 1.82) is 0 Å². The molecule has 0 radical (unpaired) electrons. The molecule has 1 aromatic carbocycles. The Morgan fingerprint density at radius 3 is 2.80 bits per heavy atom. The molecule has 0 atom stereocenters. The van der Waals surface area contributed by atoms with Gasteiger partial charge in [-0.1, -0.05) is 31.6 Å². The van der Waals surface area contributed by atoms with Crippen molar-refractivity contribution in [2.24, 2.45) is 0 Å². The summed E-state index contributed by atoms with van der Waals surface area (Å²) in [7, 11) is 0. The molecule has 0 unspecified atom stereocenters. The Hall–Kier alpha value is -1.58. The smallest absolute Gasteiger partial charge is 0.257 e. The van der Waals surface area contributed by atoms with Gasteiger partial charge in [0, 0.05) is 5.56 Å². The number of rotatable bonds is 7. The van der Waals surface area contributed by atoms with Gasteiger partial charge in [-0.3, -0.25) is 10.1 Å². The molecule has 2 N–H and O–H groups in total. The number of anilines is 1. The first-order valence-corrected chi connectivity index (χ1v) is 9.92. The number of halogens is 1. The first-order valence-electron chi connectivity index (χ1n) is 7.90. The van der Waals surface area contributed by atoms with Gasteiger partial charge in [0.2, 0.25) is 5.13 Å². The molecule has 134 valence electrons. The standard InChI is InChI=1S/C16H19BrN4O2S2/c1-3-5-8-23-12-7-6-10(9-11(12)17)14(22)18-15(24)19-16-21-20-13(4-2)25-16/h6-7,9H,3-5,8H2,1-2H3,(H2,18,19,21,22,24). The fraction of sp³-hybridized carbons (Fsp3) is 0.375. The van der Waals surface area contributed by atoms with Gasteiger partial charge in [-0.05, 0) is 59.2 Å². The highest BCUT2D eigenvalue weighted by Crippen LogP contribution is 2.26. The number of hydrogen-bond donors (Lipinski definition) is 2. The molecule has 0 saturated carbocycles. The summed E-state index contributed by atoms with van der Waals surface area (Å²) in [6.07, 6.45) is 2.86. The first kappa shape index (κ1) is 19.7. The first-order chi connectivity index (χ1) is 12.0. The summed E-state index contributed by atoms with van der Waals surface area (Å²) in [6, 6.07) is 5.17. The van der Waals surface area contributed by atoms with Crippen LogP contribution in [0.2, 0.25) is 0 Å². The van der Waals surface area contributed by atoms with E-state index in [9.17, 15) is 4.79 Å². The predicted octanol–water partition coefficient (Wildman–Crippen LogP) is 4.17. The Morgan fingerprint density at radius 2 is 2.16 bits per heavy atom. The molecular formula is C16H19BrN4O2S2. The van der Waals surface area contributed by atoms with Crippen molar-refractivity contribution in [2.75, 3.05) is 11.9 Å². The number of thiocarbonyl (C=S) groups is 1. The highest BCUT2D eigenvalue weighted by Gasteiger charge is 2.12. The number of nitrogens with zero attached hydrogens (tertiary/aromatic N) is 2. The van der Waals surface area contributed by atoms with Gasteiger partial charge in [-0.15, -0.1) is 10.2 Å². The number of ether oxygens (including phenoxy) is 1. The lowest BCUT2D eigenvalue weighted by atomic mass is 10.2. The highest BCUT2D eigenvalue weighted by molar-refractivity contribution is 9.10. The summed E-state index contributed by atoms with van der Waals surface area (Å²) in [6.45, 7) is 4.75. The average Bonchev–Trinajstić information content (AvgIpc) is 3.03. The van der Waals surface area contributed by atoms with Crippen LogP contribution in [-0.4, -0.2) is 27.8 Å². The van der Waals surface area contributed by atoms with Crippen LogP contribution in [0.15, 0.2) is 22.7 Å². The zero-order chi connectivity index (χ0) is 18.2. The minimum atomic E-state index is -0.307. The third-order valence-corrected chi connectivity index (χ3v) is 4.97. The molecule has 2 aromatic rings. The van der Waals surface area contributed by atoms with E-state index in [1.165, 1.54) is 11.3 Å². The molecule has 0 fully saturated rings. The van der Waals surface area contributed by atoms with Gasteiger partial charge in [0.05, 0.1) is 11.1 Å². The monoisotopic (exact) mass is 442 g/mol. The number of benzene rings is 1. The summed E-state index contributed by atoms with van der Waals surface area (Å²) in [4.78, 5) is 12.3. The van der Waals surface area contributed by atoms with Crippen LogP contribution in [0.3, 0.4) is 0 Å². The van der Waals surface area contributed by atoms with Crippen LogP contribution < -0.4 is 15.4 Å². The molecule has 1 amide bonds. The number of carbonyl (C=O) groups is 1. The van der Waals surface area contributed by atoms with E-state index in [0.717, 1.165) is 28.7 Å². The molecule has 0 spiro atoms. The fourth-order valence-electron chi connectivity index (χ4n) is 1.84. The van der Waals surface area contributed by atoms with E-state index in [-0.39, 0.29) is 11.0 Å². The van der Waals surface area contributed by atoms with E-state index in [1.807, 2.05) is 6.92 Å². The molecule has 9 heteroatoms. The maximum Gasteiger partial charge on any atom is 0.257 e. The van der Waals surface area contributed by atoms with Crippen LogP contribution in [0, 0.1) is 0 Å². The van der Waals surface area contributed by atoms with Crippen molar-refractivity contribution in [3.8, 4) is 5.75 Å². The number of aromatic nitrogens is 2. The summed E-state index contributed by atoms with van der Waals surface area (Å²) < 4.78 is 6.38. The molecule has 2 rings (SSSR count). The van der Waals surface area contributed by atoms with E-state index in [2.05, 4.69) is 43.7 Å². The molecule has 1 aromatic heterocycles. The zero-order valence-electron chi connectivity index (χ0n) is 14.0. The minimum Gasteiger partial charge on any atom is -0.492 e. The van der Waals surface area contributed by atoms with Gasteiger partial charge in [0.1, 0.15) is 10.8 Å². The van der Waals surface area contributed by atoms with Crippen LogP contribution >= 0.6 is 39.5 Å². The van der Waals surface area contributed by atoms with Gasteiger partial charge in [0.25, 0.3) is 5.91 Å². The van der Waals surface area contributed by atoms with Crippen molar-refractivity contribution in [3.05, 3.63) is 33.2 Å². The van der Waals surface area contributed by atoms with Crippen LogP contribution in [0.5, 0.6) is 5.75 Å². The normalized spacial score (nSPS) is 10.4. The predicted molar refractivity (Wildman–Crippen MR) is 108 cm³/mol. The third-order valence-electron chi connectivity index (χ3n) is 3.17.